The first-order valence-corrected chi connectivity index (χ1v) is 9.09. The number of hydrogen-bond acceptors (Lipinski definition) is 4. The molecule has 0 aliphatic carbocycles. The predicted octanol–water partition coefficient (Wildman–Crippen LogP) is 2.52. The van der Waals surface area contributed by atoms with E-state index < -0.39 is 18.1 Å². The number of ether oxygens (including phenoxy) is 1. The molecule has 1 aliphatic heterocycles. The lowest BCUT2D eigenvalue weighted by molar-refractivity contribution is -0.137. The summed E-state index contributed by atoms with van der Waals surface area (Å²) in [5.41, 5.74) is 1.35. The predicted molar refractivity (Wildman–Crippen MR) is 103 cm³/mol. The van der Waals surface area contributed by atoms with Crippen LogP contribution in [0.5, 0.6) is 5.75 Å². The highest BCUT2D eigenvalue weighted by atomic mass is 16.5. The van der Waals surface area contributed by atoms with Gasteiger partial charge in [0.05, 0.1) is 18.2 Å². The number of rotatable bonds is 7. The number of amides is 2. The van der Waals surface area contributed by atoms with E-state index in [2.05, 4.69) is 5.32 Å². The zero-order valence-corrected chi connectivity index (χ0v) is 15.5. The fourth-order valence-corrected chi connectivity index (χ4v) is 3.18. The van der Waals surface area contributed by atoms with Crippen molar-refractivity contribution in [3.8, 4) is 5.75 Å². The number of aliphatic carboxylic acids is 1. The quantitative estimate of drug-likeness (QED) is 0.767. The summed E-state index contributed by atoms with van der Waals surface area (Å²) in [6, 6.07) is 15.5. The maximum Gasteiger partial charge on any atom is 0.305 e. The van der Waals surface area contributed by atoms with E-state index in [0.717, 1.165) is 5.56 Å². The van der Waals surface area contributed by atoms with E-state index >= 15 is 0 Å². The van der Waals surface area contributed by atoms with Crippen LogP contribution in [0.2, 0.25) is 0 Å². The number of fused-ring (bicyclic) bond motifs is 1. The van der Waals surface area contributed by atoms with E-state index in [0.29, 0.717) is 11.4 Å². The number of hydrogen-bond donors (Lipinski definition) is 2. The van der Waals surface area contributed by atoms with Crippen LogP contribution in [0.15, 0.2) is 54.6 Å². The smallest absolute Gasteiger partial charge is 0.305 e. The van der Waals surface area contributed by atoms with Crippen LogP contribution in [-0.2, 0) is 14.4 Å². The van der Waals surface area contributed by atoms with Gasteiger partial charge < -0.3 is 20.1 Å². The van der Waals surface area contributed by atoms with Gasteiger partial charge in [-0.3, -0.25) is 14.4 Å². The third kappa shape index (κ3) is 4.49. The molecule has 0 fully saturated rings. The van der Waals surface area contributed by atoms with Gasteiger partial charge in [0.25, 0.3) is 5.91 Å². The number of nitrogens with zero attached hydrogens (tertiary/aromatic N) is 1. The summed E-state index contributed by atoms with van der Waals surface area (Å²) in [4.78, 5) is 37.7. The normalized spacial score (nSPS) is 16.7. The van der Waals surface area contributed by atoms with Crippen LogP contribution in [0, 0.1) is 0 Å². The first-order chi connectivity index (χ1) is 13.5. The Morgan fingerprint density at radius 3 is 2.54 bits per heavy atom. The Hall–Kier alpha value is -3.35. The lowest BCUT2D eigenvalue weighted by Crippen LogP contribution is -2.46. The minimum atomic E-state index is -1.000. The van der Waals surface area contributed by atoms with Crippen LogP contribution in [0.1, 0.15) is 31.4 Å². The average Bonchev–Trinajstić information content (AvgIpc) is 2.68. The van der Waals surface area contributed by atoms with Crippen LogP contribution in [0.3, 0.4) is 0 Å². The largest absolute Gasteiger partial charge is 0.481 e. The Bertz CT molecular complexity index is 868. The van der Waals surface area contributed by atoms with Crippen molar-refractivity contribution in [2.24, 2.45) is 0 Å². The lowest BCUT2D eigenvalue weighted by Gasteiger charge is -2.33. The zero-order valence-electron chi connectivity index (χ0n) is 15.5. The maximum atomic E-state index is 12.5. The second-order valence-corrected chi connectivity index (χ2v) is 6.60. The van der Waals surface area contributed by atoms with Crippen molar-refractivity contribution in [3.63, 3.8) is 0 Å². The zero-order chi connectivity index (χ0) is 20.1. The van der Waals surface area contributed by atoms with Crippen LogP contribution in [-0.4, -0.2) is 35.5 Å². The van der Waals surface area contributed by atoms with Gasteiger partial charge in [0.15, 0.2) is 6.10 Å². The molecule has 0 spiro atoms. The summed E-state index contributed by atoms with van der Waals surface area (Å²) < 4.78 is 5.59. The molecular weight excluding hydrogens is 360 g/mol. The van der Waals surface area contributed by atoms with Crippen LogP contribution in [0.4, 0.5) is 5.69 Å². The number of carboxylic acid groups (broad SMARTS) is 1. The van der Waals surface area contributed by atoms with Gasteiger partial charge in [0.2, 0.25) is 5.91 Å². The molecule has 7 heteroatoms. The molecule has 0 saturated heterocycles. The van der Waals surface area contributed by atoms with Crippen LogP contribution in [0.25, 0.3) is 0 Å². The summed E-state index contributed by atoms with van der Waals surface area (Å²) in [5.74, 6) is -0.931. The molecule has 28 heavy (non-hydrogen) atoms. The van der Waals surface area contributed by atoms with Crippen molar-refractivity contribution >= 4 is 23.5 Å². The van der Waals surface area contributed by atoms with Gasteiger partial charge in [-0.25, -0.2) is 0 Å². The maximum absolute atomic E-state index is 12.5. The standard InChI is InChI=1S/C21H22N2O5/c1-14-21(27)23(17-9-5-6-10-18(17)28-14)12-11-19(24)22-16(13-20(25)26)15-7-3-2-4-8-15/h2-10,14,16H,11-13H2,1H3,(H,22,24)(H,25,26)/t14-,16-/m1/s1. The fraction of sp³-hybridized carbons (Fsp3) is 0.286. The molecule has 2 amide bonds. The van der Waals surface area contributed by atoms with Gasteiger partial charge in [-0.2, -0.15) is 0 Å². The van der Waals surface area contributed by atoms with E-state index in [1.54, 1.807) is 49.4 Å². The van der Waals surface area contributed by atoms with E-state index in [1.165, 1.54) is 4.90 Å². The average molecular weight is 382 g/mol. The van der Waals surface area contributed by atoms with Crippen LogP contribution >= 0.6 is 0 Å². The van der Waals surface area contributed by atoms with Crippen molar-refractivity contribution < 1.29 is 24.2 Å². The van der Waals surface area contributed by atoms with Crippen molar-refractivity contribution in [1.29, 1.82) is 0 Å². The van der Waals surface area contributed by atoms with Gasteiger partial charge in [-0.15, -0.1) is 0 Å². The third-order valence-corrected chi connectivity index (χ3v) is 4.55. The molecule has 7 nitrogen and oxygen atoms in total. The molecule has 0 bridgehead atoms. The summed E-state index contributed by atoms with van der Waals surface area (Å²) in [5, 5.41) is 11.9. The van der Waals surface area contributed by atoms with Crippen LogP contribution < -0.4 is 15.0 Å². The van der Waals surface area contributed by atoms with Gasteiger partial charge in [0, 0.05) is 13.0 Å². The molecule has 1 heterocycles. The molecule has 3 rings (SSSR count). The van der Waals surface area contributed by atoms with Crippen molar-refractivity contribution in [2.75, 3.05) is 11.4 Å². The number of anilines is 1. The van der Waals surface area contributed by atoms with Gasteiger partial charge in [0.1, 0.15) is 5.75 Å². The molecule has 0 unspecified atom stereocenters. The molecule has 0 radical (unpaired) electrons. The first-order valence-electron chi connectivity index (χ1n) is 9.09. The minimum absolute atomic E-state index is 0.0513. The number of carbonyl (C=O) groups is 3. The van der Waals surface area contributed by atoms with Crippen molar-refractivity contribution in [3.05, 3.63) is 60.2 Å². The Labute approximate surface area is 162 Å². The summed E-state index contributed by atoms with van der Waals surface area (Å²) in [6.07, 6.45) is -0.788. The van der Waals surface area contributed by atoms with E-state index in [4.69, 9.17) is 9.84 Å². The van der Waals surface area contributed by atoms with E-state index in [-0.39, 0.29) is 31.2 Å². The summed E-state index contributed by atoms with van der Waals surface area (Å²) in [7, 11) is 0. The molecule has 2 N–H and O–H groups in total. The summed E-state index contributed by atoms with van der Waals surface area (Å²) in [6.45, 7) is 1.85. The molecule has 2 aromatic carbocycles. The molecular formula is C21H22N2O5. The summed E-state index contributed by atoms with van der Waals surface area (Å²) >= 11 is 0. The molecule has 1 aliphatic rings. The Morgan fingerprint density at radius 1 is 1.14 bits per heavy atom. The number of nitrogens with one attached hydrogen (secondary N) is 1. The Balaban J connectivity index is 1.67. The van der Waals surface area contributed by atoms with Crippen molar-refractivity contribution in [2.45, 2.75) is 31.9 Å². The number of benzene rings is 2. The Kier molecular flexibility index (Phi) is 5.93. The monoisotopic (exact) mass is 382 g/mol. The SMILES string of the molecule is C[C@H]1Oc2ccccc2N(CCC(=O)N[C@H](CC(=O)O)c2ccccc2)C1=O. The van der Waals surface area contributed by atoms with Gasteiger partial charge in [-0.05, 0) is 24.6 Å². The Morgan fingerprint density at radius 2 is 1.82 bits per heavy atom. The third-order valence-electron chi connectivity index (χ3n) is 4.55. The highest BCUT2D eigenvalue weighted by Crippen LogP contribution is 2.33. The van der Waals surface area contributed by atoms with Gasteiger partial charge in [-0.1, -0.05) is 42.5 Å². The topological polar surface area (TPSA) is 95.9 Å². The number of carboxylic acids is 1. The number of carbonyl (C=O) groups excluding carboxylic acids is 2. The second kappa shape index (κ2) is 8.56. The van der Waals surface area contributed by atoms with Crippen molar-refractivity contribution in [1.82, 2.24) is 5.32 Å². The first kappa shape index (κ1) is 19.4. The molecule has 0 saturated carbocycles. The molecule has 2 aromatic rings. The van der Waals surface area contributed by atoms with E-state index in [1.807, 2.05) is 12.1 Å². The number of para-hydroxylation sites is 2. The second-order valence-electron chi connectivity index (χ2n) is 6.60. The highest BCUT2D eigenvalue weighted by Gasteiger charge is 2.31. The molecule has 146 valence electrons. The highest BCUT2D eigenvalue weighted by molar-refractivity contribution is 6.00. The molecule has 0 aromatic heterocycles. The molecule has 2 atom stereocenters. The minimum Gasteiger partial charge on any atom is -0.481 e. The van der Waals surface area contributed by atoms with E-state index in [9.17, 15) is 14.4 Å². The van der Waals surface area contributed by atoms with Gasteiger partial charge >= 0.3 is 5.97 Å². The fourth-order valence-electron chi connectivity index (χ4n) is 3.18. The lowest BCUT2D eigenvalue weighted by atomic mass is 10.0.